The average molecular weight is 614 g/mol. The van der Waals surface area contributed by atoms with E-state index in [9.17, 15) is 9.59 Å². The van der Waals surface area contributed by atoms with Crippen molar-refractivity contribution in [3.05, 3.63) is 102 Å². The molecule has 0 bridgehead atoms. The quantitative estimate of drug-likeness (QED) is 0.126. The Hall–Kier alpha value is -3.77. The van der Waals surface area contributed by atoms with Crippen LogP contribution in [0.5, 0.6) is 0 Å². The third kappa shape index (κ3) is 6.59. The number of hydrogen-bond donors (Lipinski definition) is 2. The summed E-state index contributed by atoms with van der Waals surface area (Å²) in [4.78, 5) is 29.9. The summed E-state index contributed by atoms with van der Waals surface area (Å²) in [5, 5.41) is 17.1. The van der Waals surface area contributed by atoms with E-state index in [0.717, 1.165) is 30.2 Å². The Kier molecular flexibility index (Phi) is 8.28. The van der Waals surface area contributed by atoms with Crippen molar-refractivity contribution in [3.63, 3.8) is 0 Å². The van der Waals surface area contributed by atoms with Crippen LogP contribution in [0.2, 0.25) is 0 Å². The SMILES string of the molecule is Cc1ccccc1C(=O)Nc1ccc2nc(SCC(=O)Nc3nnc(SCc4cccc5ccccc45)s3)sc2c1. The lowest BCUT2D eigenvalue weighted by molar-refractivity contribution is -0.113. The smallest absolute Gasteiger partial charge is 0.255 e. The zero-order chi connectivity index (χ0) is 28.2. The molecule has 6 aromatic rings. The summed E-state index contributed by atoms with van der Waals surface area (Å²) >= 11 is 5.83. The van der Waals surface area contributed by atoms with Gasteiger partial charge in [0, 0.05) is 17.0 Å². The van der Waals surface area contributed by atoms with Crippen LogP contribution >= 0.6 is 46.2 Å². The van der Waals surface area contributed by atoms with Gasteiger partial charge in [-0.3, -0.25) is 14.9 Å². The van der Waals surface area contributed by atoms with Gasteiger partial charge in [0.1, 0.15) is 0 Å². The largest absolute Gasteiger partial charge is 0.322 e. The number of rotatable bonds is 9. The number of benzene rings is 4. The first-order chi connectivity index (χ1) is 20.0. The van der Waals surface area contributed by atoms with E-state index >= 15 is 0 Å². The second kappa shape index (κ2) is 12.4. The lowest BCUT2D eigenvalue weighted by Gasteiger charge is -2.07. The molecule has 2 heterocycles. The van der Waals surface area contributed by atoms with Crippen molar-refractivity contribution < 1.29 is 9.59 Å². The molecule has 0 aliphatic rings. The van der Waals surface area contributed by atoms with Crippen LogP contribution in [0, 0.1) is 6.92 Å². The standard InChI is InChI=1S/C30H23N5O2S4/c1-18-7-2-4-11-22(18)27(37)31-21-13-14-24-25(15-21)40-29(32-24)39-17-26(36)33-28-34-35-30(41-28)38-16-20-10-6-9-19-8-3-5-12-23(19)20/h2-15H,16-17H2,1H3,(H,31,37)(H,33,34,36). The molecule has 4 aromatic carbocycles. The number of anilines is 2. The fourth-order valence-electron chi connectivity index (χ4n) is 4.23. The molecule has 0 atom stereocenters. The van der Waals surface area contributed by atoms with E-state index in [1.807, 2.05) is 61.5 Å². The predicted molar refractivity (Wildman–Crippen MR) is 172 cm³/mol. The van der Waals surface area contributed by atoms with Gasteiger partial charge in [0.15, 0.2) is 8.68 Å². The predicted octanol–water partition coefficient (Wildman–Crippen LogP) is 7.88. The minimum Gasteiger partial charge on any atom is -0.322 e. The molecule has 41 heavy (non-hydrogen) atoms. The second-order valence-corrected chi connectivity index (χ2v) is 13.5. The first-order valence-electron chi connectivity index (χ1n) is 12.6. The summed E-state index contributed by atoms with van der Waals surface area (Å²) < 4.78 is 2.52. The van der Waals surface area contributed by atoms with Crippen molar-refractivity contribution in [3.8, 4) is 0 Å². The van der Waals surface area contributed by atoms with Gasteiger partial charge in [-0.05, 0) is 53.1 Å². The van der Waals surface area contributed by atoms with Crippen LogP contribution in [0.1, 0.15) is 21.5 Å². The number of fused-ring (bicyclic) bond motifs is 2. The molecular weight excluding hydrogens is 591 g/mol. The highest BCUT2D eigenvalue weighted by Crippen LogP contribution is 2.33. The molecule has 7 nitrogen and oxygen atoms in total. The maximum Gasteiger partial charge on any atom is 0.255 e. The van der Waals surface area contributed by atoms with Gasteiger partial charge in [-0.25, -0.2) is 4.98 Å². The number of aryl methyl sites for hydroxylation is 1. The van der Waals surface area contributed by atoms with Gasteiger partial charge in [0.05, 0.1) is 16.0 Å². The second-order valence-electron chi connectivity index (χ2n) is 9.07. The number of nitrogens with zero attached hydrogens (tertiary/aromatic N) is 3. The molecule has 2 aromatic heterocycles. The molecule has 2 amide bonds. The van der Waals surface area contributed by atoms with Crippen LogP contribution in [-0.2, 0) is 10.5 Å². The lowest BCUT2D eigenvalue weighted by Crippen LogP contribution is -2.13. The van der Waals surface area contributed by atoms with E-state index in [0.29, 0.717) is 16.4 Å². The molecule has 0 fully saturated rings. The number of hydrogen-bond acceptors (Lipinski definition) is 9. The molecular formula is C30H23N5O2S4. The molecule has 0 aliphatic heterocycles. The van der Waals surface area contributed by atoms with Gasteiger partial charge < -0.3 is 5.32 Å². The Morgan fingerprint density at radius 3 is 2.56 bits per heavy atom. The first kappa shape index (κ1) is 27.4. The number of aromatic nitrogens is 3. The van der Waals surface area contributed by atoms with Crippen molar-refractivity contribution in [2.45, 2.75) is 21.4 Å². The fourth-order valence-corrected chi connectivity index (χ4v) is 7.91. The Bertz CT molecular complexity index is 1880. The van der Waals surface area contributed by atoms with Crippen molar-refractivity contribution in [1.82, 2.24) is 15.2 Å². The Labute approximate surface area is 252 Å². The molecule has 0 radical (unpaired) electrons. The van der Waals surface area contributed by atoms with Gasteiger partial charge >= 0.3 is 0 Å². The highest BCUT2D eigenvalue weighted by atomic mass is 32.2. The minimum atomic E-state index is -0.165. The minimum absolute atomic E-state index is 0.148. The van der Waals surface area contributed by atoms with Crippen LogP contribution in [0.25, 0.3) is 21.0 Å². The molecule has 0 spiro atoms. The van der Waals surface area contributed by atoms with Crippen molar-refractivity contribution in [2.24, 2.45) is 0 Å². The summed E-state index contributed by atoms with van der Waals surface area (Å²) in [5.41, 5.74) is 4.33. The number of thioether (sulfide) groups is 2. The average Bonchev–Trinajstić information content (AvgIpc) is 3.61. The summed E-state index contributed by atoms with van der Waals surface area (Å²) in [6, 6.07) is 27.7. The van der Waals surface area contributed by atoms with E-state index in [1.54, 1.807) is 11.8 Å². The van der Waals surface area contributed by atoms with E-state index in [-0.39, 0.29) is 17.6 Å². The molecule has 204 valence electrons. The summed E-state index contributed by atoms with van der Waals surface area (Å²) in [6.07, 6.45) is 0. The van der Waals surface area contributed by atoms with Gasteiger partial charge in [0.25, 0.3) is 5.91 Å². The molecule has 0 unspecified atom stereocenters. The normalized spacial score (nSPS) is 11.1. The zero-order valence-corrected chi connectivity index (χ0v) is 25.1. The van der Waals surface area contributed by atoms with Crippen LogP contribution in [0.4, 0.5) is 10.8 Å². The van der Waals surface area contributed by atoms with Gasteiger partial charge in [-0.2, -0.15) is 0 Å². The molecule has 2 N–H and O–H groups in total. The van der Waals surface area contributed by atoms with Crippen molar-refractivity contribution >= 4 is 89.8 Å². The number of carbonyl (C=O) groups is 2. The fraction of sp³-hybridized carbons (Fsp3) is 0.100. The maximum absolute atomic E-state index is 12.7. The number of amides is 2. The monoisotopic (exact) mass is 613 g/mol. The Morgan fingerprint density at radius 2 is 1.66 bits per heavy atom. The van der Waals surface area contributed by atoms with Gasteiger partial charge in [-0.1, -0.05) is 95.5 Å². The zero-order valence-electron chi connectivity index (χ0n) is 21.8. The first-order valence-corrected chi connectivity index (χ1v) is 16.3. The van der Waals surface area contributed by atoms with E-state index < -0.39 is 0 Å². The van der Waals surface area contributed by atoms with Crippen molar-refractivity contribution in [2.75, 3.05) is 16.4 Å². The number of carbonyl (C=O) groups excluding carboxylic acids is 2. The van der Waals surface area contributed by atoms with E-state index in [4.69, 9.17) is 0 Å². The number of thiazole rings is 1. The topological polar surface area (TPSA) is 96.9 Å². The van der Waals surface area contributed by atoms with E-state index in [1.165, 1.54) is 50.8 Å². The lowest BCUT2D eigenvalue weighted by atomic mass is 10.1. The van der Waals surface area contributed by atoms with Crippen LogP contribution in [0.15, 0.2) is 93.6 Å². The van der Waals surface area contributed by atoms with Gasteiger partial charge in [-0.15, -0.1) is 21.5 Å². The molecule has 0 aliphatic carbocycles. The third-order valence-electron chi connectivity index (χ3n) is 6.23. The maximum atomic E-state index is 12.7. The van der Waals surface area contributed by atoms with E-state index in [2.05, 4.69) is 56.1 Å². The Morgan fingerprint density at radius 1 is 0.829 bits per heavy atom. The van der Waals surface area contributed by atoms with Crippen LogP contribution < -0.4 is 10.6 Å². The summed E-state index contributed by atoms with van der Waals surface area (Å²) in [5.74, 6) is 0.663. The van der Waals surface area contributed by atoms with Crippen LogP contribution in [0.3, 0.4) is 0 Å². The third-order valence-corrected chi connectivity index (χ3v) is 10.4. The molecule has 6 rings (SSSR count). The Balaban J connectivity index is 1.02. The van der Waals surface area contributed by atoms with Gasteiger partial charge in [0.2, 0.25) is 11.0 Å². The summed E-state index contributed by atoms with van der Waals surface area (Å²) in [6.45, 7) is 1.91. The highest BCUT2D eigenvalue weighted by Gasteiger charge is 2.13. The molecule has 0 saturated heterocycles. The van der Waals surface area contributed by atoms with Crippen LogP contribution in [-0.4, -0.2) is 32.7 Å². The molecule has 0 saturated carbocycles. The molecule has 11 heteroatoms. The highest BCUT2D eigenvalue weighted by molar-refractivity contribution is 8.01. The van der Waals surface area contributed by atoms with Crippen molar-refractivity contribution in [1.29, 1.82) is 0 Å². The summed E-state index contributed by atoms with van der Waals surface area (Å²) in [7, 11) is 0. The number of nitrogens with one attached hydrogen (secondary N) is 2.